The molecular weight excluding hydrogens is 348 g/mol. The number of rotatable bonds is 7. The van der Waals surface area contributed by atoms with Crippen LogP contribution in [-0.4, -0.2) is 16.2 Å². The average molecular weight is 375 g/mol. The normalized spacial score (nSPS) is 14.3. The fraction of sp³-hybridized carbons (Fsp3) is 0.208. The maximum Gasteiger partial charge on any atom is 0.318 e. The molecule has 0 radical (unpaired) electrons. The van der Waals surface area contributed by atoms with Crippen LogP contribution in [0, 0.1) is 0 Å². The molecule has 0 aliphatic carbocycles. The van der Waals surface area contributed by atoms with Crippen molar-refractivity contribution >= 4 is 16.2 Å². The fourth-order valence-corrected chi connectivity index (χ4v) is 4.77. The van der Waals surface area contributed by atoms with Crippen LogP contribution in [0.1, 0.15) is 36.8 Å². The first-order valence-electron chi connectivity index (χ1n) is 9.54. The van der Waals surface area contributed by atoms with Crippen LogP contribution in [0.15, 0.2) is 91.0 Å². The van der Waals surface area contributed by atoms with E-state index < -0.39 is 5.04 Å². The summed E-state index contributed by atoms with van der Waals surface area (Å²) in [5.41, 5.74) is 2.24. The first-order chi connectivity index (χ1) is 13.2. The first-order valence-corrected chi connectivity index (χ1v) is 10.5. The third kappa shape index (κ3) is 4.20. The molecule has 2 nitrogen and oxygen atoms in total. The summed E-state index contributed by atoms with van der Waals surface area (Å²) in [5, 5.41) is -0.644. The predicted octanol–water partition coefficient (Wildman–Crippen LogP) is 4.44. The summed E-state index contributed by atoms with van der Waals surface area (Å²) in [5.74, 6) is 0.532. The zero-order chi connectivity index (χ0) is 19.1. The topological polar surface area (TPSA) is 26.3 Å². The van der Waals surface area contributed by atoms with E-state index >= 15 is 0 Å². The Kier molecular flexibility index (Phi) is 6.25. The summed E-state index contributed by atoms with van der Waals surface area (Å²) in [6.45, 7) is 2.17. The van der Waals surface area contributed by atoms with E-state index in [2.05, 4.69) is 31.2 Å². The summed E-state index contributed by atoms with van der Waals surface area (Å²) in [7, 11) is 0.658. The van der Waals surface area contributed by atoms with Crippen LogP contribution in [0.3, 0.4) is 0 Å². The van der Waals surface area contributed by atoms with Crippen molar-refractivity contribution in [2.45, 2.75) is 30.7 Å². The number of hydrogen-bond acceptors (Lipinski definition) is 2. The summed E-state index contributed by atoms with van der Waals surface area (Å²) in [6, 6.07) is 29.9. The van der Waals surface area contributed by atoms with Crippen LogP contribution < -0.4 is 4.74 Å². The van der Waals surface area contributed by atoms with Gasteiger partial charge in [0.15, 0.2) is 0 Å². The van der Waals surface area contributed by atoms with Crippen LogP contribution in [0.25, 0.3) is 0 Å². The van der Waals surface area contributed by atoms with Gasteiger partial charge in [-0.2, -0.15) is 0 Å². The third-order valence-corrected chi connectivity index (χ3v) is 6.91. The van der Waals surface area contributed by atoms with Crippen molar-refractivity contribution in [3.63, 3.8) is 0 Å². The molecule has 3 aromatic carbocycles. The Bertz CT molecular complexity index is 849. The number of hydrogen-bond donors (Lipinski definition) is 0. The minimum atomic E-state index is -0.644. The van der Waals surface area contributed by atoms with Gasteiger partial charge in [-0.1, -0.05) is 92.2 Å². The van der Waals surface area contributed by atoms with Gasteiger partial charge in [-0.05, 0) is 29.7 Å². The van der Waals surface area contributed by atoms with Crippen molar-refractivity contribution in [3.05, 3.63) is 102 Å². The SMILES string of the molecule is CCCC(c1ccccc1)C([SiH3])(C(=O)Oc1ccccc1)c1ccccc1. The molecule has 0 fully saturated rings. The van der Waals surface area contributed by atoms with Crippen LogP contribution in [-0.2, 0) is 9.83 Å². The quantitative estimate of drug-likeness (QED) is 0.347. The van der Waals surface area contributed by atoms with Crippen LogP contribution >= 0.6 is 0 Å². The lowest BCUT2D eigenvalue weighted by Gasteiger charge is -2.36. The average Bonchev–Trinajstić information content (AvgIpc) is 2.73. The number of carbonyl (C=O) groups excluding carboxylic acids is 1. The third-order valence-electron chi connectivity index (χ3n) is 5.23. The first kappa shape index (κ1) is 19.1. The van der Waals surface area contributed by atoms with Crippen LogP contribution in [0.2, 0.25) is 0 Å². The van der Waals surface area contributed by atoms with Gasteiger partial charge in [0, 0.05) is 16.2 Å². The van der Waals surface area contributed by atoms with E-state index in [4.69, 9.17) is 4.74 Å². The Morgan fingerprint density at radius 1 is 0.889 bits per heavy atom. The van der Waals surface area contributed by atoms with Gasteiger partial charge < -0.3 is 4.74 Å². The Morgan fingerprint density at radius 2 is 1.41 bits per heavy atom. The Balaban J connectivity index is 2.07. The molecule has 0 heterocycles. The Labute approximate surface area is 164 Å². The van der Waals surface area contributed by atoms with Gasteiger partial charge in [0.2, 0.25) is 0 Å². The van der Waals surface area contributed by atoms with Gasteiger partial charge in [-0.15, -0.1) is 0 Å². The maximum atomic E-state index is 13.5. The highest BCUT2D eigenvalue weighted by Gasteiger charge is 2.44. The van der Waals surface area contributed by atoms with Crippen molar-refractivity contribution in [2.75, 3.05) is 0 Å². The lowest BCUT2D eigenvalue weighted by Crippen LogP contribution is -2.45. The van der Waals surface area contributed by atoms with E-state index in [1.807, 2.05) is 66.7 Å². The van der Waals surface area contributed by atoms with E-state index in [0.717, 1.165) is 18.4 Å². The lowest BCUT2D eigenvalue weighted by atomic mass is 9.77. The molecule has 0 bridgehead atoms. The molecule has 0 saturated carbocycles. The second kappa shape index (κ2) is 8.83. The Morgan fingerprint density at radius 3 is 1.96 bits per heavy atom. The van der Waals surface area contributed by atoms with E-state index in [1.165, 1.54) is 5.56 Å². The van der Waals surface area contributed by atoms with E-state index in [9.17, 15) is 4.79 Å². The van der Waals surface area contributed by atoms with E-state index in [0.29, 0.717) is 16.0 Å². The van der Waals surface area contributed by atoms with Gasteiger partial charge >= 0.3 is 5.97 Å². The zero-order valence-electron chi connectivity index (χ0n) is 16.0. The van der Waals surface area contributed by atoms with Gasteiger partial charge in [-0.25, -0.2) is 0 Å². The number of carbonyl (C=O) groups is 1. The number of benzene rings is 3. The van der Waals surface area contributed by atoms with Crippen molar-refractivity contribution in [1.82, 2.24) is 0 Å². The Hall–Kier alpha value is -2.65. The highest BCUT2D eigenvalue weighted by Crippen LogP contribution is 2.41. The van der Waals surface area contributed by atoms with Gasteiger partial charge in [0.05, 0.1) is 5.04 Å². The largest absolute Gasteiger partial charge is 0.426 e. The molecule has 0 saturated heterocycles. The molecule has 3 heteroatoms. The summed E-state index contributed by atoms with van der Waals surface area (Å²) >= 11 is 0. The van der Waals surface area contributed by atoms with Crippen LogP contribution in [0.4, 0.5) is 0 Å². The second-order valence-corrected chi connectivity index (χ2v) is 8.60. The van der Waals surface area contributed by atoms with Gasteiger partial charge in [-0.3, -0.25) is 4.79 Å². The maximum absolute atomic E-state index is 13.5. The molecule has 0 amide bonds. The van der Waals surface area contributed by atoms with E-state index in [1.54, 1.807) is 0 Å². The molecule has 3 rings (SSSR count). The molecule has 138 valence electrons. The summed E-state index contributed by atoms with van der Waals surface area (Å²) in [4.78, 5) is 13.5. The predicted molar refractivity (Wildman–Crippen MR) is 114 cm³/mol. The summed E-state index contributed by atoms with van der Waals surface area (Å²) in [6.07, 6.45) is 1.95. The zero-order valence-corrected chi connectivity index (χ0v) is 18.0. The molecule has 0 spiro atoms. The lowest BCUT2D eigenvalue weighted by molar-refractivity contribution is -0.138. The molecule has 3 aromatic rings. The van der Waals surface area contributed by atoms with Crippen molar-refractivity contribution < 1.29 is 9.53 Å². The van der Waals surface area contributed by atoms with Crippen molar-refractivity contribution in [2.24, 2.45) is 0 Å². The highest BCUT2D eigenvalue weighted by molar-refractivity contribution is 6.28. The highest BCUT2D eigenvalue weighted by atomic mass is 28.1. The molecule has 0 aliphatic heterocycles. The smallest absolute Gasteiger partial charge is 0.318 e. The fourth-order valence-electron chi connectivity index (χ4n) is 3.71. The number of ether oxygens (including phenoxy) is 1. The molecule has 2 unspecified atom stereocenters. The molecule has 0 N–H and O–H groups in total. The second-order valence-electron chi connectivity index (χ2n) is 7.02. The minimum Gasteiger partial charge on any atom is -0.426 e. The monoisotopic (exact) mass is 374 g/mol. The van der Waals surface area contributed by atoms with Crippen molar-refractivity contribution in [1.29, 1.82) is 0 Å². The standard InChI is InChI=1S/C24H26O2Si/c1-2-12-22(19-13-6-3-7-14-19)24(27,20-15-8-4-9-16-20)23(25)26-21-17-10-5-11-18-21/h3-11,13-18,22H,2,12H2,1,27H3. The molecule has 27 heavy (non-hydrogen) atoms. The number of esters is 1. The molecular formula is C24H26O2Si. The molecule has 0 aliphatic rings. The summed E-state index contributed by atoms with van der Waals surface area (Å²) < 4.78 is 5.88. The molecule has 0 aromatic heterocycles. The van der Waals surface area contributed by atoms with Crippen molar-refractivity contribution in [3.8, 4) is 5.75 Å². The van der Waals surface area contributed by atoms with Gasteiger partial charge in [0.25, 0.3) is 0 Å². The number of para-hydroxylation sites is 1. The van der Waals surface area contributed by atoms with E-state index in [-0.39, 0.29) is 11.9 Å². The van der Waals surface area contributed by atoms with Crippen LogP contribution in [0.5, 0.6) is 5.75 Å². The van der Waals surface area contributed by atoms with Gasteiger partial charge in [0.1, 0.15) is 5.75 Å². The minimum absolute atomic E-state index is 0.0916. The molecule has 2 atom stereocenters.